The summed E-state index contributed by atoms with van der Waals surface area (Å²) in [4.78, 5) is 0. The molecule has 1 atom stereocenters. The van der Waals surface area contributed by atoms with Crippen molar-refractivity contribution in [3.63, 3.8) is 0 Å². The first-order valence-electron chi connectivity index (χ1n) is 3.60. The van der Waals surface area contributed by atoms with E-state index in [1.807, 2.05) is 16.9 Å². The van der Waals surface area contributed by atoms with E-state index in [1.54, 1.807) is 0 Å². The Balaban J connectivity index is 2.90. The van der Waals surface area contributed by atoms with Crippen LogP contribution in [0.3, 0.4) is 0 Å². The molecule has 0 spiro atoms. The lowest BCUT2D eigenvalue weighted by atomic mass is 10.2. The van der Waals surface area contributed by atoms with E-state index >= 15 is 0 Å². The van der Waals surface area contributed by atoms with E-state index in [4.69, 9.17) is 0 Å². The fourth-order valence-corrected chi connectivity index (χ4v) is 1.03. The first-order valence-corrected chi connectivity index (χ1v) is 3.60. The molecule has 0 bridgehead atoms. The third-order valence-electron chi connectivity index (χ3n) is 1.55. The van der Waals surface area contributed by atoms with Crippen LogP contribution in [-0.4, -0.2) is 9.78 Å². The van der Waals surface area contributed by atoms with E-state index in [2.05, 4.69) is 24.7 Å². The zero-order valence-corrected chi connectivity index (χ0v) is 6.54. The van der Waals surface area contributed by atoms with Gasteiger partial charge in [0.1, 0.15) is 6.04 Å². The lowest BCUT2D eigenvalue weighted by Crippen LogP contribution is -2.52. The number of aryl methyl sites for hydroxylation is 1. The third kappa shape index (κ3) is 1.19. The topological polar surface area (TPSA) is 45.5 Å². The molecule has 0 saturated heterocycles. The zero-order valence-electron chi connectivity index (χ0n) is 6.54. The molecule has 0 amide bonds. The summed E-state index contributed by atoms with van der Waals surface area (Å²) in [6.45, 7) is 5.09. The van der Waals surface area contributed by atoms with Crippen molar-refractivity contribution in [3.05, 3.63) is 18.0 Å². The molecule has 0 aromatic carbocycles. The van der Waals surface area contributed by atoms with Crippen LogP contribution in [0.5, 0.6) is 0 Å². The highest BCUT2D eigenvalue weighted by molar-refractivity contribution is 5.02. The molecule has 1 aromatic rings. The maximum absolute atomic E-state index is 4.13. The van der Waals surface area contributed by atoms with Gasteiger partial charge in [0.25, 0.3) is 0 Å². The molecule has 1 rings (SSSR count). The van der Waals surface area contributed by atoms with Crippen LogP contribution in [0, 0.1) is 0 Å². The highest BCUT2D eigenvalue weighted by Gasteiger charge is 2.06. The first kappa shape index (κ1) is 7.28. The standard InChI is InChI=1S/C7H13N3/c1-3-10-7(6(2)8)4-5-9-10/h4-6H,3,8H2,1-2H3/p+1/t6-/m1/s1. The Morgan fingerprint density at radius 1 is 1.80 bits per heavy atom. The molecule has 0 aliphatic carbocycles. The van der Waals surface area contributed by atoms with E-state index in [0.29, 0.717) is 6.04 Å². The maximum Gasteiger partial charge on any atom is 0.124 e. The van der Waals surface area contributed by atoms with Crippen molar-refractivity contribution in [2.24, 2.45) is 0 Å². The Labute approximate surface area is 60.8 Å². The SMILES string of the molecule is CCn1nccc1[C@@H](C)[NH3+]. The van der Waals surface area contributed by atoms with Crippen LogP contribution < -0.4 is 5.73 Å². The van der Waals surface area contributed by atoms with Crippen molar-refractivity contribution in [2.45, 2.75) is 26.4 Å². The number of hydrogen-bond donors (Lipinski definition) is 1. The highest BCUT2D eigenvalue weighted by atomic mass is 15.3. The van der Waals surface area contributed by atoms with Gasteiger partial charge in [0, 0.05) is 12.7 Å². The van der Waals surface area contributed by atoms with E-state index in [0.717, 1.165) is 6.54 Å². The summed E-state index contributed by atoms with van der Waals surface area (Å²) in [7, 11) is 0. The molecule has 0 aliphatic rings. The Morgan fingerprint density at radius 3 is 2.90 bits per heavy atom. The normalized spacial score (nSPS) is 13.5. The van der Waals surface area contributed by atoms with Crippen molar-refractivity contribution in [1.29, 1.82) is 0 Å². The van der Waals surface area contributed by atoms with E-state index in [1.165, 1.54) is 5.69 Å². The Kier molecular flexibility index (Phi) is 2.06. The van der Waals surface area contributed by atoms with Gasteiger partial charge in [0.05, 0.1) is 5.69 Å². The zero-order chi connectivity index (χ0) is 7.56. The average molecular weight is 140 g/mol. The number of hydrogen-bond acceptors (Lipinski definition) is 1. The van der Waals surface area contributed by atoms with Crippen LogP contribution in [0.1, 0.15) is 25.6 Å². The summed E-state index contributed by atoms with van der Waals surface area (Å²) < 4.78 is 1.97. The second-order valence-electron chi connectivity index (χ2n) is 2.47. The average Bonchev–Trinajstić information content (AvgIpc) is 2.33. The molecule has 0 aliphatic heterocycles. The monoisotopic (exact) mass is 140 g/mol. The Hall–Kier alpha value is -0.830. The lowest BCUT2D eigenvalue weighted by Gasteiger charge is -2.03. The summed E-state index contributed by atoms with van der Waals surface area (Å²) in [5.74, 6) is 0. The van der Waals surface area contributed by atoms with Gasteiger partial charge in [-0.05, 0) is 19.9 Å². The van der Waals surface area contributed by atoms with Gasteiger partial charge in [-0.1, -0.05) is 0 Å². The van der Waals surface area contributed by atoms with Gasteiger partial charge >= 0.3 is 0 Å². The fourth-order valence-electron chi connectivity index (χ4n) is 1.03. The quantitative estimate of drug-likeness (QED) is 0.627. The summed E-state index contributed by atoms with van der Waals surface area (Å²) >= 11 is 0. The van der Waals surface area contributed by atoms with Crippen molar-refractivity contribution < 1.29 is 5.73 Å². The molecule has 0 saturated carbocycles. The maximum atomic E-state index is 4.13. The summed E-state index contributed by atoms with van der Waals surface area (Å²) in [5.41, 5.74) is 5.14. The molecule has 0 radical (unpaired) electrons. The molecule has 1 aromatic heterocycles. The van der Waals surface area contributed by atoms with E-state index < -0.39 is 0 Å². The largest absolute Gasteiger partial charge is 0.350 e. The number of rotatable bonds is 2. The molecular formula is C7H14N3+. The second kappa shape index (κ2) is 2.84. The molecule has 10 heavy (non-hydrogen) atoms. The predicted molar refractivity (Wildman–Crippen MR) is 39.2 cm³/mol. The first-order chi connectivity index (χ1) is 4.75. The smallest absolute Gasteiger partial charge is 0.124 e. The molecule has 3 heteroatoms. The summed E-state index contributed by atoms with van der Waals surface area (Å²) in [5, 5.41) is 4.13. The fraction of sp³-hybridized carbons (Fsp3) is 0.571. The van der Waals surface area contributed by atoms with Crippen LogP contribution in [0.25, 0.3) is 0 Å². The van der Waals surface area contributed by atoms with Crippen molar-refractivity contribution >= 4 is 0 Å². The van der Waals surface area contributed by atoms with E-state index in [-0.39, 0.29) is 0 Å². The van der Waals surface area contributed by atoms with Gasteiger partial charge in [-0.15, -0.1) is 0 Å². The van der Waals surface area contributed by atoms with Gasteiger partial charge < -0.3 is 5.73 Å². The molecule has 0 unspecified atom stereocenters. The van der Waals surface area contributed by atoms with Crippen LogP contribution >= 0.6 is 0 Å². The minimum Gasteiger partial charge on any atom is -0.350 e. The molecular weight excluding hydrogens is 126 g/mol. The lowest BCUT2D eigenvalue weighted by molar-refractivity contribution is -0.422. The van der Waals surface area contributed by atoms with Crippen molar-refractivity contribution in [3.8, 4) is 0 Å². The van der Waals surface area contributed by atoms with Crippen LogP contribution in [-0.2, 0) is 6.54 Å². The minimum absolute atomic E-state index is 0.336. The highest BCUT2D eigenvalue weighted by Crippen LogP contribution is 2.05. The number of quaternary nitrogens is 1. The van der Waals surface area contributed by atoms with E-state index in [9.17, 15) is 0 Å². The van der Waals surface area contributed by atoms with Gasteiger partial charge in [-0.25, -0.2) is 0 Å². The third-order valence-corrected chi connectivity index (χ3v) is 1.55. The second-order valence-corrected chi connectivity index (χ2v) is 2.47. The predicted octanol–water partition coefficient (Wildman–Crippen LogP) is 0.206. The number of nitrogens with zero attached hydrogens (tertiary/aromatic N) is 2. The van der Waals surface area contributed by atoms with Crippen LogP contribution in [0.2, 0.25) is 0 Å². The van der Waals surface area contributed by atoms with Gasteiger partial charge in [-0.2, -0.15) is 5.10 Å². The van der Waals surface area contributed by atoms with Crippen LogP contribution in [0.4, 0.5) is 0 Å². The molecule has 56 valence electrons. The van der Waals surface area contributed by atoms with Gasteiger partial charge in [0.2, 0.25) is 0 Å². The van der Waals surface area contributed by atoms with Crippen molar-refractivity contribution in [2.75, 3.05) is 0 Å². The minimum atomic E-state index is 0.336. The number of aromatic nitrogens is 2. The van der Waals surface area contributed by atoms with Crippen molar-refractivity contribution in [1.82, 2.24) is 9.78 Å². The molecule has 3 nitrogen and oxygen atoms in total. The summed E-state index contributed by atoms with van der Waals surface area (Å²) in [6.07, 6.45) is 1.82. The molecule has 0 fully saturated rings. The van der Waals surface area contributed by atoms with Crippen LogP contribution in [0.15, 0.2) is 12.3 Å². The Morgan fingerprint density at radius 2 is 2.50 bits per heavy atom. The summed E-state index contributed by atoms with van der Waals surface area (Å²) in [6, 6.07) is 2.35. The molecule has 3 N–H and O–H groups in total. The van der Waals surface area contributed by atoms with Gasteiger partial charge in [0.15, 0.2) is 0 Å². The Bertz CT molecular complexity index is 202. The molecule has 1 heterocycles. The van der Waals surface area contributed by atoms with Gasteiger partial charge in [-0.3, -0.25) is 4.68 Å².